The Morgan fingerprint density at radius 1 is 0.404 bits per heavy atom. The lowest BCUT2D eigenvalue weighted by Crippen LogP contribution is -1.94. The number of hydrogen-bond donors (Lipinski definition) is 0. The predicted molar refractivity (Wildman–Crippen MR) is 221 cm³/mol. The van der Waals surface area contributed by atoms with Crippen LogP contribution < -0.4 is 0 Å². The third-order valence-electron chi connectivity index (χ3n) is 10.4. The smallest absolute Gasteiger partial charge is 0.160 e. The Labute approximate surface area is 303 Å². The van der Waals surface area contributed by atoms with E-state index in [2.05, 4.69) is 174 Å². The van der Waals surface area contributed by atoms with Crippen molar-refractivity contribution in [1.82, 2.24) is 14.5 Å². The first-order valence-corrected chi connectivity index (χ1v) is 18.4. The van der Waals surface area contributed by atoms with E-state index in [0.717, 1.165) is 43.9 Å². The normalized spacial score (nSPS) is 11.8. The van der Waals surface area contributed by atoms with Gasteiger partial charge in [-0.15, -0.1) is 11.3 Å². The van der Waals surface area contributed by atoms with Crippen LogP contribution in [0.3, 0.4) is 0 Å². The van der Waals surface area contributed by atoms with E-state index in [1.165, 1.54) is 59.2 Å². The third kappa shape index (κ3) is 4.45. The van der Waals surface area contributed by atoms with Crippen LogP contribution in [0, 0.1) is 0 Å². The zero-order valence-electron chi connectivity index (χ0n) is 28.0. The van der Waals surface area contributed by atoms with Crippen LogP contribution in [0.4, 0.5) is 0 Å². The van der Waals surface area contributed by atoms with Crippen molar-refractivity contribution in [1.29, 1.82) is 0 Å². The van der Waals surface area contributed by atoms with Crippen molar-refractivity contribution in [2.24, 2.45) is 0 Å². The molecule has 0 aliphatic heterocycles. The van der Waals surface area contributed by atoms with Crippen LogP contribution in [0.5, 0.6) is 0 Å². The van der Waals surface area contributed by atoms with Crippen molar-refractivity contribution < 1.29 is 0 Å². The quantitative estimate of drug-likeness (QED) is 0.173. The molecule has 0 atom stereocenters. The van der Waals surface area contributed by atoms with E-state index in [1.54, 1.807) is 11.3 Å². The summed E-state index contributed by atoms with van der Waals surface area (Å²) in [5, 5.41) is 8.63. The first-order valence-electron chi connectivity index (χ1n) is 17.6. The lowest BCUT2D eigenvalue weighted by atomic mass is 9.99. The summed E-state index contributed by atoms with van der Waals surface area (Å²) < 4.78 is 4.70. The van der Waals surface area contributed by atoms with Crippen LogP contribution in [-0.2, 0) is 0 Å². The van der Waals surface area contributed by atoms with Crippen LogP contribution in [0.1, 0.15) is 0 Å². The van der Waals surface area contributed by atoms with Gasteiger partial charge in [-0.1, -0.05) is 146 Å². The molecular weight excluding hydrogens is 651 g/mol. The molecule has 3 heterocycles. The van der Waals surface area contributed by atoms with Crippen molar-refractivity contribution in [2.45, 2.75) is 0 Å². The van der Waals surface area contributed by atoms with Crippen LogP contribution in [0.2, 0.25) is 0 Å². The average molecular weight is 680 g/mol. The number of benzene rings is 8. The Balaban J connectivity index is 1.14. The topological polar surface area (TPSA) is 30.7 Å². The number of aromatic nitrogens is 3. The maximum absolute atomic E-state index is 5.31. The molecule has 0 N–H and O–H groups in total. The molecule has 0 spiro atoms. The van der Waals surface area contributed by atoms with Gasteiger partial charge in [0.15, 0.2) is 5.82 Å². The van der Waals surface area contributed by atoms with E-state index in [9.17, 15) is 0 Å². The number of fused-ring (bicyclic) bond motifs is 9. The summed E-state index contributed by atoms with van der Waals surface area (Å²) >= 11 is 1.79. The molecule has 242 valence electrons. The average Bonchev–Trinajstić information content (AvgIpc) is 3.77. The lowest BCUT2D eigenvalue weighted by molar-refractivity contribution is 1.18. The number of rotatable bonds is 4. The minimum Gasteiger partial charge on any atom is -0.309 e. The van der Waals surface area contributed by atoms with Gasteiger partial charge in [-0.2, -0.15) is 0 Å². The minimum atomic E-state index is 0.736. The Morgan fingerprint density at radius 2 is 1.06 bits per heavy atom. The zero-order chi connectivity index (χ0) is 34.2. The molecule has 8 aromatic carbocycles. The van der Waals surface area contributed by atoms with E-state index in [-0.39, 0.29) is 0 Å². The second kappa shape index (κ2) is 11.5. The number of para-hydroxylation sites is 2. The molecule has 0 bridgehead atoms. The van der Waals surface area contributed by atoms with Gasteiger partial charge in [0.25, 0.3) is 0 Å². The van der Waals surface area contributed by atoms with Crippen molar-refractivity contribution >= 4 is 75.0 Å². The number of thiophene rings is 1. The van der Waals surface area contributed by atoms with Gasteiger partial charge in [0.1, 0.15) is 0 Å². The molecule has 3 nitrogen and oxygen atoms in total. The fraction of sp³-hybridized carbons (Fsp3) is 0. The van der Waals surface area contributed by atoms with Gasteiger partial charge in [-0.05, 0) is 63.0 Å². The van der Waals surface area contributed by atoms with Crippen molar-refractivity contribution in [2.75, 3.05) is 0 Å². The molecule has 0 aliphatic rings. The molecule has 0 amide bonds. The molecule has 11 aromatic rings. The van der Waals surface area contributed by atoms with Gasteiger partial charge in [0.2, 0.25) is 0 Å². The highest BCUT2D eigenvalue weighted by Crippen LogP contribution is 2.44. The lowest BCUT2D eigenvalue weighted by Gasteiger charge is -2.11. The maximum Gasteiger partial charge on any atom is 0.160 e. The Bertz CT molecular complexity index is 3140. The third-order valence-corrected chi connectivity index (χ3v) is 11.6. The maximum atomic E-state index is 5.31. The largest absolute Gasteiger partial charge is 0.309 e. The summed E-state index contributed by atoms with van der Waals surface area (Å²) in [6.07, 6.45) is 0. The molecule has 52 heavy (non-hydrogen) atoms. The second-order valence-corrected chi connectivity index (χ2v) is 14.4. The van der Waals surface area contributed by atoms with E-state index in [4.69, 9.17) is 9.97 Å². The molecule has 0 fully saturated rings. The summed E-state index contributed by atoms with van der Waals surface area (Å²) in [4.78, 5) is 10.6. The first kappa shape index (κ1) is 29.1. The molecule has 0 unspecified atom stereocenters. The van der Waals surface area contributed by atoms with Gasteiger partial charge in [-0.25, -0.2) is 9.97 Å². The molecule has 3 aromatic heterocycles. The summed E-state index contributed by atoms with van der Waals surface area (Å²) in [5.41, 5.74) is 9.97. The van der Waals surface area contributed by atoms with E-state index in [0.29, 0.717) is 0 Å². The van der Waals surface area contributed by atoms with Crippen molar-refractivity contribution in [3.8, 4) is 39.5 Å². The van der Waals surface area contributed by atoms with Gasteiger partial charge in [0, 0.05) is 37.7 Å². The minimum absolute atomic E-state index is 0.736. The zero-order valence-corrected chi connectivity index (χ0v) is 28.8. The van der Waals surface area contributed by atoms with Gasteiger partial charge < -0.3 is 4.57 Å². The van der Waals surface area contributed by atoms with E-state index in [1.807, 2.05) is 6.07 Å². The highest BCUT2D eigenvalue weighted by molar-refractivity contribution is 7.26. The molecule has 4 heteroatoms. The Morgan fingerprint density at radius 3 is 1.88 bits per heavy atom. The molecular formula is C48H29N3S. The number of nitrogens with zero attached hydrogens (tertiary/aromatic N) is 3. The Hall–Kier alpha value is -6.62. The van der Waals surface area contributed by atoms with E-state index >= 15 is 0 Å². The standard InChI is InChI=1S/C48H29N3S/c1-2-13-31(14-3-1)48-49-44(34-26-27-37-33(28-34)25-24-30-12-4-5-17-36(30)37)47-45(50-48)41-21-11-20-38(46(41)52-47)32-15-10-16-35(29-32)51-42-22-8-6-18-39(42)40-19-7-9-23-43(40)51/h1-29H. The number of hydrogen-bond acceptors (Lipinski definition) is 3. The highest BCUT2D eigenvalue weighted by atomic mass is 32.1. The summed E-state index contributed by atoms with van der Waals surface area (Å²) in [6, 6.07) is 63.1. The predicted octanol–water partition coefficient (Wildman–Crippen LogP) is 13.2. The molecule has 0 saturated heterocycles. The monoisotopic (exact) mass is 679 g/mol. The fourth-order valence-electron chi connectivity index (χ4n) is 7.98. The summed E-state index contributed by atoms with van der Waals surface area (Å²) in [5.74, 6) is 0.736. The van der Waals surface area contributed by atoms with Crippen LogP contribution >= 0.6 is 11.3 Å². The molecule has 0 aliphatic carbocycles. The van der Waals surface area contributed by atoms with E-state index < -0.39 is 0 Å². The fourth-order valence-corrected chi connectivity index (χ4v) is 9.27. The van der Waals surface area contributed by atoms with Gasteiger partial charge in [0.05, 0.1) is 26.9 Å². The van der Waals surface area contributed by atoms with Crippen molar-refractivity contribution in [3.63, 3.8) is 0 Å². The Kier molecular flexibility index (Phi) is 6.42. The van der Waals surface area contributed by atoms with Crippen LogP contribution in [0.25, 0.3) is 103 Å². The molecule has 0 radical (unpaired) electrons. The highest BCUT2D eigenvalue weighted by Gasteiger charge is 2.20. The SMILES string of the molecule is c1ccc(-c2nc(-c3ccc4c(ccc5ccccc54)c3)c3sc4c(-c5cccc(-n6c7ccccc7c7ccccc76)c5)cccc4c3n2)cc1. The van der Waals surface area contributed by atoms with Crippen molar-refractivity contribution in [3.05, 3.63) is 176 Å². The summed E-state index contributed by atoms with van der Waals surface area (Å²) in [6.45, 7) is 0. The van der Waals surface area contributed by atoms with Gasteiger partial charge >= 0.3 is 0 Å². The van der Waals surface area contributed by atoms with Crippen LogP contribution in [-0.4, -0.2) is 14.5 Å². The molecule has 11 rings (SSSR count). The molecule has 0 saturated carbocycles. The summed E-state index contributed by atoms with van der Waals surface area (Å²) in [7, 11) is 0. The first-order chi connectivity index (χ1) is 25.8. The van der Waals surface area contributed by atoms with Crippen LogP contribution in [0.15, 0.2) is 176 Å². The second-order valence-electron chi connectivity index (χ2n) is 13.4. The van der Waals surface area contributed by atoms with Gasteiger partial charge in [-0.3, -0.25) is 0 Å².